The van der Waals surface area contributed by atoms with Crippen LogP contribution in [-0.2, 0) is 0 Å². The van der Waals surface area contributed by atoms with Crippen LogP contribution in [0.15, 0.2) is 12.3 Å². The van der Waals surface area contributed by atoms with Crippen LogP contribution in [0.25, 0.3) is 0 Å². The average molecular weight is 220 g/mol. The van der Waals surface area contributed by atoms with E-state index in [0.29, 0.717) is 12.0 Å². The molecule has 0 bridgehead atoms. The van der Waals surface area contributed by atoms with Gasteiger partial charge in [-0.1, -0.05) is 13.3 Å². The van der Waals surface area contributed by atoms with Crippen molar-refractivity contribution in [3.8, 4) is 0 Å². The highest BCUT2D eigenvalue weighted by Gasteiger charge is 2.29. The van der Waals surface area contributed by atoms with E-state index in [0.717, 1.165) is 12.4 Å². The zero-order valence-electron chi connectivity index (χ0n) is 10.1. The Hall–Kier alpha value is -1.32. The van der Waals surface area contributed by atoms with Crippen molar-refractivity contribution in [1.82, 2.24) is 9.97 Å². The van der Waals surface area contributed by atoms with Gasteiger partial charge < -0.3 is 10.2 Å². The molecule has 0 saturated heterocycles. The van der Waals surface area contributed by atoms with Gasteiger partial charge in [0.1, 0.15) is 5.82 Å². The molecule has 0 amide bonds. The van der Waals surface area contributed by atoms with Crippen LogP contribution in [0, 0.1) is 0 Å². The van der Waals surface area contributed by atoms with Crippen molar-refractivity contribution in [3.63, 3.8) is 0 Å². The molecule has 1 heterocycles. The Morgan fingerprint density at radius 2 is 2.31 bits per heavy atom. The van der Waals surface area contributed by atoms with Crippen LogP contribution in [0.4, 0.5) is 11.8 Å². The third-order valence-electron chi connectivity index (χ3n) is 2.90. The lowest BCUT2D eigenvalue weighted by molar-refractivity contribution is 0.704. The molecule has 1 aliphatic rings. The molecule has 1 aromatic heterocycles. The molecule has 2 rings (SSSR count). The highest BCUT2D eigenvalue weighted by molar-refractivity contribution is 5.44. The zero-order valence-corrected chi connectivity index (χ0v) is 10.1. The Kier molecular flexibility index (Phi) is 3.59. The Balaban J connectivity index is 2.10. The number of rotatable bonds is 6. The fourth-order valence-corrected chi connectivity index (χ4v) is 1.83. The molecule has 1 N–H and O–H groups in total. The molecule has 0 unspecified atom stereocenters. The highest BCUT2D eigenvalue weighted by atomic mass is 15.3. The van der Waals surface area contributed by atoms with Gasteiger partial charge in [-0.3, -0.25) is 0 Å². The Bertz CT molecular complexity index is 336. The van der Waals surface area contributed by atoms with Crippen LogP contribution in [0.2, 0.25) is 0 Å². The third-order valence-corrected chi connectivity index (χ3v) is 2.90. The predicted molar refractivity (Wildman–Crippen MR) is 66.9 cm³/mol. The van der Waals surface area contributed by atoms with E-state index in [2.05, 4.69) is 27.1 Å². The molecule has 4 nitrogen and oxygen atoms in total. The molecule has 1 saturated carbocycles. The Labute approximate surface area is 97.1 Å². The van der Waals surface area contributed by atoms with E-state index in [1.807, 2.05) is 19.3 Å². The van der Waals surface area contributed by atoms with Crippen LogP contribution in [0.5, 0.6) is 0 Å². The number of nitrogens with one attached hydrogen (secondary N) is 1. The number of hydrogen-bond donors (Lipinski definition) is 1. The third kappa shape index (κ3) is 2.62. The summed E-state index contributed by atoms with van der Waals surface area (Å²) in [6.07, 6.45) is 6.91. The maximum atomic E-state index is 4.51. The quantitative estimate of drug-likeness (QED) is 0.798. The van der Waals surface area contributed by atoms with Crippen LogP contribution >= 0.6 is 0 Å². The second-order valence-electron chi connectivity index (χ2n) is 4.27. The first-order valence-electron chi connectivity index (χ1n) is 6.12. The van der Waals surface area contributed by atoms with Gasteiger partial charge in [0.25, 0.3) is 0 Å². The van der Waals surface area contributed by atoms with Gasteiger partial charge in [0.05, 0.1) is 0 Å². The normalized spacial score (nSPS) is 14.9. The van der Waals surface area contributed by atoms with Gasteiger partial charge >= 0.3 is 0 Å². The first-order valence-corrected chi connectivity index (χ1v) is 6.12. The lowest BCUT2D eigenvalue weighted by atomic mass is 10.3. The van der Waals surface area contributed by atoms with Crippen LogP contribution in [0.1, 0.15) is 32.6 Å². The zero-order chi connectivity index (χ0) is 11.4. The van der Waals surface area contributed by atoms with E-state index >= 15 is 0 Å². The number of anilines is 2. The number of nitrogens with zero attached hydrogens (tertiary/aromatic N) is 3. The van der Waals surface area contributed by atoms with Gasteiger partial charge in [0, 0.05) is 25.8 Å². The summed E-state index contributed by atoms with van der Waals surface area (Å²) in [5.74, 6) is 1.77. The van der Waals surface area contributed by atoms with Gasteiger partial charge in [0.2, 0.25) is 5.95 Å². The van der Waals surface area contributed by atoms with Crippen molar-refractivity contribution in [3.05, 3.63) is 12.3 Å². The molecular weight excluding hydrogens is 200 g/mol. The Morgan fingerprint density at radius 3 is 2.94 bits per heavy atom. The number of unbranched alkanes of at least 4 members (excludes halogenated alkanes) is 1. The molecule has 0 aromatic carbocycles. The molecule has 0 aliphatic heterocycles. The summed E-state index contributed by atoms with van der Waals surface area (Å²) in [5, 5.41) is 2.99. The van der Waals surface area contributed by atoms with Crippen LogP contribution < -0.4 is 10.2 Å². The molecule has 88 valence electrons. The number of aromatic nitrogens is 2. The minimum absolute atomic E-state index is 0.708. The van der Waals surface area contributed by atoms with E-state index in [-0.39, 0.29) is 0 Å². The summed E-state index contributed by atoms with van der Waals surface area (Å²) in [5.41, 5.74) is 0. The summed E-state index contributed by atoms with van der Waals surface area (Å²) < 4.78 is 0. The van der Waals surface area contributed by atoms with Crippen molar-refractivity contribution in [2.75, 3.05) is 23.8 Å². The summed E-state index contributed by atoms with van der Waals surface area (Å²) >= 11 is 0. The molecule has 0 spiro atoms. The minimum Gasteiger partial charge on any atom is -0.357 e. The van der Waals surface area contributed by atoms with E-state index < -0.39 is 0 Å². The van der Waals surface area contributed by atoms with Gasteiger partial charge in [-0.2, -0.15) is 4.98 Å². The summed E-state index contributed by atoms with van der Waals surface area (Å²) in [6, 6.07) is 2.72. The molecule has 1 aromatic rings. The summed E-state index contributed by atoms with van der Waals surface area (Å²) in [4.78, 5) is 11.1. The van der Waals surface area contributed by atoms with E-state index in [4.69, 9.17) is 0 Å². The number of hydrogen-bond acceptors (Lipinski definition) is 4. The molecule has 16 heavy (non-hydrogen) atoms. The Morgan fingerprint density at radius 1 is 1.50 bits per heavy atom. The lowest BCUT2D eigenvalue weighted by Gasteiger charge is -2.23. The SMILES string of the molecule is CCCCN(c1ccnc(NC)n1)C1CC1. The van der Waals surface area contributed by atoms with E-state index in [1.54, 1.807) is 0 Å². The fourth-order valence-electron chi connectivity index (χ4n) is 1.83. The predicted octanol–water partition coefficient (Wildman–Crippen LogP) is 2.29. The van der Waals surface area contributed by atoms with Crippen LogP contribution in [-0.4, -0.2) is 29.6 Å². The second-order valence-corrected chi connectivity index (χ2v) is 4.27. The first-order chi connectivity index (χ1) is 7.85. The monoisotopic (exact) mass is 220 g/mol. The van der Waals surface area contributed by atoms with Gasteiger partial charge in [-0.05, 0) is 25.3 Å². The largest absolute Gasteiger partial charge is 0.357 e. The summed E-state index contributed by atoms with van der Waals surface area (Å²) in [6.45, 7) is 3.34. The standard InChI is InChI=1S/C12H20N4/c1-3-4-9-16(10-5-6-10)11-7-8-14-12(13-2)15-11/h7-8,10H,3-6,9H2,1-2H3,(H,13,14,15). The smallest absolute Gasteiger partial charge is 0.224 e. The van der Waals surface area contributed by atoms with Crippen molar-refractivity contribution in [2.24, 2.45) is 0 Å². The van der Waals surface area contributed by atoms with Crippen LogP contribution in [0.3, 0.4) is 0 Å². The lowest BCUT2D eigenvalue weighted by Crippen LogP contribution is -2.27. The minimum atomic E-state index is 0.708. The maximum absolute atomic E-state index is 4.51. The van der Waals surface area contributed by atoms with Gasteiger partial charge in [0.15, 0.2) is 0 Å². The summed E-state index contributed by atoms with van der Waals surface area (Å²) in [7, 11) is 1.85. The van der Waals surface area contributed by atoms with E-state index in [1.165, 1.54) is 25.7 Å². The fraction of sp³-hybridized carbons (Fsp3) is 0.667. The van der Waals surface area contributed by atoms with E-state index in [9.17, 15) is 0 Å². The average Bonchev–Trinajstić information content (AvgIpc) is 3.14. The van der Waals surface area contributed by atoms with Crippen molar-refractivity contribution in [2.45, 2.75) is 38.6 Å². The van der Waals surface area contributed by atoms with Crippen molar-refractivity contribution in [1.29, 1.82) is 0 Å². The second kappa shape index (κ2) is 5.14. The van der Waals surface area contributed by atoms with Gasteiger partial charge in [-0.15, -0.1) is 0 Å². The molecular formula is C12H20N4. The van der Waals surface area contributed by atoms with Gasteiger partial charge in [-0.25, -0.2) is 4.98 Å². The first kappa shape index (κ1) is 11.2. The van der Waals surface area contributed by atoms with Crippen molar-refractivity contribution < 1.29 is 0 Å². The topological polar surface area (TPSA) is 41.1 Å². The highest BCUT2D eigenvalue weighted by Crippen LogP contribution is 2.30. The molecule has 0 radical (unpaired) electrons. The molecule has 0 atom stereocenters. The molecule has 4 heteroatoms. The molecule has 1 aliphatic carbocycles. The maximum Gasteiger partial charge on any atom is 0.224 e. The molecule has 1 fully saturated rings. The van der Waals surface area contributed by atoms with Crippen molar-refractivity contribution >= 4 is 11.8 Å².